The molecule has 0 N–H and O–H groups in total. The minimum atomic E-state index is 0.964. The van der Waals surface area contributed by atoms with Gasteiger partial charge in [0.15, 0.2) is 0 Å². The number of rotatable bonds is 43. The summed E-state index contributed by atoms with van der Waals surface area (Å²) in [6.07, 6.45) is 63.7. The number of unbranched alkanes of at least 4 members (excludes halogenated alkanes) is 39. The molecule has 0 aliphatic heterocycles. The zero-order valence-electron chi connectivity index (χ0n) is 34.0. The van der Waals surface area contributed by atoms with E-state index in [1.54, 1.807) is 0 Å². The quantitative estimate of drug-likeness (QED) is 0.0571. The van der Waals surface area contributed by atoms with Crippen LogP contribution in [0.15, 0.2) is 0 Å². The van der Waals surface area contributed by atoms with Crippen molar-refractivity contribution in [3.05, 3.63) is 0 Å². The smallest absolute Gasteiger partial charge is 0.0443 e. The fourth-order valence-electron chi connectivity index (χ4n) is 7.82. The highest BCUT2D eigenvalue weighted by atomic mass is 14.1. The Labute approximate surface area is 302 Å². The van der Waals surface area contributed by atoms with Gasteiger partial charge in [-0.15, -0.1) is 0 Å². The van der Waals surface area contributed by atoms with Crippen molar-refractivity contribution in [3.8, 4) is 0 Å². The molecule has 0 rings (SSSR count). The van der Waals surface area contributed by atoms with Crippen molar-refractivity contribution in [2.24, 2.45) is 5.92 Å². The Morgan fingerprint density at radius 2 is 0.319 bits per heavy atom. The van der Waals surface area contributed by atoms with Crippen molar-refractivity contribution in [2.45, 2.75) is 297 Å². The maximum atomic E-state index is 2.52. The summed E-state index contributed by atoms with van der Waals surface area (Å²) in [4.78, 5) is 0. The van der Waals surface area contributed by atoms with Gasteiger partial charge in [-0.05, 0) is 5.92 Å². The molecule has 0 aromatic rings. The van der Waals surface area contributed by atoms with E-state index in [9.17, 15) is 0 Å². The van der Waals surface area contributed by atoms with Crippen molar-refractivity contribution >= 4 is 0 Å². The molecule has 0 aliphatic carbocycles. The van der Waals surface area contributed by atoms with Gasteiger partial charge in [-0.25, -0.2) is 0 Å². The Morgan fingerprint density at radius 3 is 0.468 bits per heavy atom. The monoisotopic (exact) mass is 661 g/mol. The predicted octanol–water partition coefficient (Wildman–Crippen LogP) is 18.4. The molecule has 0 heterocycles. The minimum absolute atomic E-state index is 0.964. The van der Waals surface area contributed by atoms with Crippen LogP contribution in [-0.2, 0) is 0 Å². The first-order valence-corrected chi connectivity index (χ1v) is 23.3. The first-order chi connectivity index (χ1) is 23.3. The van der Waals surface area contributed by atoms with Crippen molar-refractivity contribution < 1.29 is 0 Å². The summed E-state index contributed by atoms with van der Waals surface area (Å²) < 4.78 is 0. The molecule has 1 atom stereocenters. The van der Waals surface area contributed by atoms with Crippen LogP contribution in [0.3, 0.4) is 0 Å². The van der Waals surface area contributed by atoms with E-state index in [-0.39, 0.29) is 0 Å². The van der Waals surface area contributed by atoms with E-state index in [2.05, 4.69) is 20.8 Å². The Balaban J connectivity index is 3.13. The third-order valence-electron chi connectivity index (χ3n) is 11.4. The normalized spacial score (nSPS) is 12.3. The SMILES string of the molecule is CCCCCCCCCCCCCCCCCCCCCCCCCCC(C)CCCCCCCCCCCCCCCCCCC. The number of hydrogen-bond acceptors (Lipinski definition) is 0. The highest BCUT2D eigenvalue weighted by molar-refractivity contribution is 4.57. The molecular formula is C47H96. The minimum Gasteiger partial charge on any atom is -0.0654 e. The van der Waals surface area contributed by atoms with Gasteiger partial charge in [0.2, 0.25) is 0 Å². The Bertz CT molecular complexity index is 508. The summed E-state index contributed by atoms with van der Waals surface area (Å²) in [7, 11) is 0. The molecule has 0 aromatic carbocycles. The second-order valence-corrected chi connectivity index (χ2v) is 16.5. The van der Waals surface area contributed by atoms with Gasteiger partial charge < -0.3 is 0 Å². The molecule has 284 valence electrons. The molecule has 0 saturated heterocycles. The van der Waals surface area contributed by atoms with E-state index in [1.165, 1.54) is 276 Å². The summed E-state index contributed by atoms with van der Waals surface area (Å²) in [6.45, 7) is 7.14. The molecule has 0 spiro atoms. The van der Waals surface area contributed by atoms with Crippen LogP contribution in [0.4, 0.5) is 0 Å². The van der Waals surface area contributed by atoms with Gasteiger partial charge in [-0.2, -0.15) is 0 Å². The van der Waals surface area contributed by atoms with E-state index >= 15 is 0 Å². The highest BCUT2D eigenvalue weighted by Gasteiger charge is 2.03. The lowest BCUT2D eigenvalue weighted by atomic mass is 9.95. The molecule has 1 unspecified atom stereocenters. The van der Waals surface area contributed by atoms with Crippen LogP contribution in [-0.4, -0.2) is 0 Å². The van der Waals surface area contributed by atoms with Gasteiger partial charge in [0.25, 0.3) is 0 Å². The van der Waals surface area contributed by atoms with Gasteiger partial charge in [0.05, 0.1) is 0 Å². The van der Waals surface area contributed by atoms with Crippen molar-refractivity contribution in [1.29, 1.82) is 0 Å². The maximum Gasteiger partial charge on any atom is -0.0443 e. The first-order valence-electron chi connectivity index (χ1n) is 23.3. The van der Waals surface area contributed by atoms with E-state index in [0.717, 1.165) is 5.92 Å². The van der Waals surface area contributed by atoms with Crippen LogP contribution in [0.1, 0.15) is 297 Å². The molecular weight excluding hydrogens is 565 g/mol. The second-order valence-electron chi connectivity index (χ2n) is 16.5. The van der Waals surface area contributed by atoms with E-state index in [1.807, 2.05) is 0 Å². The van der Waals surface area contributed by atoms with Gasteiger partial charge in [0.1, 0.15) is 0 Å². The molecule has 0 nitrogen and oxygen atoms in total. The lowest BCUT2D eigenvalue weighted by Crippen LogP contribution is -1.95. The molecule has 0 aromatic heterocycles. The van der Waals surface area contributed by atoms with Gasteiger partial charge in [-0.1, -0.05) is 297 Å². The van der Waals surface area contributed by atoms with Crippen molar-refractivity contribution in [2.75, 3.05) is 0 Å². The van der Waals surface area contributed by atoms with Crippen LogP contribution in [0.25, 0.3) is 0 Å². The largest absolute Gasteiger partial charge is 0.0654 e. The van der Waals surface area contributed by atoms with Crippen LogP contribution in [0, 0.1) is 5.92 Å². The topological polar surface area (TPSA) is 0 Å². The molecule has 0 fully saturated rings. The first kappa shape index (κ1) is 47.0. The summed E-state index contributed by atoms with van der Waals surface area (Å²) in [6, 6.07) is 0. The number of hydrogen-bond donors (Lipinski definition) is 0. The Morgan fingerprint density at radius 1 is 0.191 bits per heavy atom. The second kappa shape index (κ2) is 44.0. The molecule has 0 radical (unpaired) electrons. The zero-order chi connectivity index (χ0) is 34.0. The fraction of sp³-hybridized carbons (Fsp3) is 1.00. The third-order valence-corrected chi connectivity index (χ3v) is 11.4. The van der Waals surface area contributed by atoms with E-state index in [4.69, 9.17) is 0 Å². The zero-order valence-corrected chi connectivity index (χ0v) is 34.0. The Kier molecular flexibility index (Phi) is 44.0. The summed E-state index contributed by atoms with van der Waals surface area (Å²) in [5.41, 5.74) is 0. The molecule has 47 heavy (non-hydrogen) atoms. The summed E-state index contributed by atoms with van der Waals surface area (Å²) in [5.74, 6) is 0.964. The summed E-state index contributed by atoms with van der Waals surface area (Å²) >= 11 is 0. The van der Waals surface area contributed by atoms with E-state index in [0.29, 0.717) is 0 Å². The standard InChI is InChI=1S/C47H96/c1-4-6-8-10-12-14-16-18-20-22-23-24-25-26-27-28-30-32-34-36-38-40-42-44-46-47(3)45-43-41-39-37-35-33-31-29-21-19-17-15-13-11-9-7-5-2/h47H,4-46H2,1-3H3. The van der Waals surface area contributed by atoms with E-state index < -0.39 is 0 Å². The fourth-order valence-corrected chi connectivity index (χ4v) is 7.82. The van der Waals surface area contributed by atoms with Gasteiger partial charge in [0, 0.05) is 0 Å². The van der Waals surface area contributed by atoms with Crippen LogP contribution in [0.2, 0.25) is 0 Å². The maximum absolute atomic E-state index is 2.52. The lowest BCUT2D eigenvalue weighted by Gasteiger charge is -2.11. The van der Waals surface area contributed by atoms with Gasteiger partial charge >= 0.3 is 0 Å². The van der Waals surface area contributed by atoms with Crippen molar-refractivity contribution in [3.63, 3.8) is 0 Å². The lowest BCUT2D eigenvalue weighted by molar-refractivity contribution is 0.429. The molecule has 0 amide bonds. The van der Waals surface area contributed by atoms with Crippen LogP contribution < -0.4 is 0 Å². The van der Waals surface area contributed by atoms with Crippen LogP contribution in [0.5, 0.6) is 0 Å². The molecule has 0 bridgehead atoms. The molecule has 0 saturated carbocycles. The third kappa shape index (κ3) is 44.0. The molecule has 0 heteroatoms. The predicted molar refractivity (Wildman–Crippen MR) is 219 cm³/mol. The van der Waals surface area contributed by atoms with Crippen molar-refractivity contribution in [1.82, 2.24) is 0 Å². The average Bonchev–Trinajstić information content (AvgIpc) is 3.08. The summed E-state index contributed by atoms with van der Waals surface area (Å²) in [5, 5.41) is 0. The molecule has 0 aliphatic rings. The van der Waals surface area contributed by atoms with Gasteiger partial charge in [-0.3, -0.25) is 0 Å². The van der Waals surface area contributed by atoms with Crippen LogP contribution >= 0.6 is 0 Å². The average molecular weight is 661 g/mol. The Hall–Kier alpha value is 0. The highest BCUT2D eigenvalue weighted by Crippen LogP contribution is 2.20.